The SMILES string of the molecule is CC(=O)c1cccc(NC(=O)c2cc(NCCCN(C)C)nc(C)n2)c1. The van der Waals surface area contributed by atoms with Crippen LogP contribution in [0.3, 0.4) is 0 Å². The van der Waals surface area contributed by atoms with Crippen molar-refractivity contribution in [3.63, 3.8) is 0 Å². The molecule has 26 heavy (non-hydrogen) atoms. The van der Waals surface area contributed by atoms with Crippen LogP contribution in [0.25, 0.3) is 0 Å². The Balaban J connectivity index is 2.06. The minimum atomic E-state index is -0.340. The summed E-state index contributed by atoms with van der Waals surface area (Å²) in [5.74, 6) is 0.750. The van der Waals surface area contributed by atoms with E-state index in [0.717, 1.165) is 19.5 Å². The Kier molecular flexibility index (Phi) is 6.80. The van der Waals surface area contributed by atoms with Crippen LogP contribution >= 0.6 is 0 Å². The van der Waals surface area contributed by atoms with Crippen molar-refractivity contribution in [2.24, 2.45) is 0 Å². The molecule has 1 aromatic carbocycles. The number of aryl methyl sites for hydroxylation is 1. The minimum Gasteiger partial charge on any atom is -0.370 e. The molecule has 0 radical (unpaired) electrons. The van der Waals surface area contributed by atoms with Crippen LogP contribution in [-0.2, 0) is 0 Å². The van der Waals surface area contributed by atoms with Gasteiger partial charge in [0.15, 0.2) is 5.78 Å². The first-order chi connectivity index (χ1) is 12.3. The highest BCUT2D eigenvalue weighted by Gasteiger charge is 2.11. The Morgan fingerprint density at radius 2 is 1.92 bits per heavy atom. The molecule has 2 aromatic rings. The molecule has 0 aliphatic heterocycles. The van der Waals surface area contributed by atoms with Gasteiger partial charge < -0.3 is 15.5 Å². The van der Waals surface area contributed by atoms with Crippen LogP contribution in [0, 0.1) is 6.92 Å². The van der Waals surface area contributed by atoms with Crippen LogP contribution in [-0.4, -0.2) is 53.7 Å². The van der Waals surface area contributed by atoms with Gasteiger partial charge in [0.05, 0.1) is 0 Å². The quantitative estimate of drug-likeness (QED) is 0.559. The van der Waals surface area contributed by atoms with Crippen molar-refractivity contribution in [1.29, 1.82) is 0 Å². The molecule has 0 spiro atoms. The largest absolute Gasteiger partial charge is 0.370 e. The third kappa shape index (κ3) is 5.93. The van der Waals surface area contributed by atoms with E-state index in [1.165, 1.54) is 6.92 Å². The second-order valence-corrected chi connectivity index (χ2v) is 6.36. The minimum absolute atomic E-state index is 0.0526. The van der Waals surface area contributed by atoms with Gasteiger partial charge in [-0.05, 0) is 53.0 Å². The number of ketones is 1. The molecule has 0 aliphatic carbocycles. The summed E-state index contributed by atoms with van der Waals surface area (Å²) in [6, 6.07) is 8.46. The van der Waals surface area contributed by atoms with Crippen molar-refractivity contribution in [3.05, 3.63) is 47.4 Å². The first kappa shape index (κ1) is 19.5. The van der Waals surface area contributed by atoms with Gasteiger partial charge in [-0.25, -0.2) is 9.97 Å². The molecule has 7 heteroatoms. The average molecular weight is 355 g/mol. The molecule has 0 bridgehead atoms. The van der Waals surface area contributed by atoms with Gasteiger partial charge in [-0.2, -0.15) is 0 Å². The third-order valence-corrected chi connectivity index (χ3v) is 3.69. The molecule has 1 amide bonds. The predicted octanol–water partition coefficient (Wildman–Crippen LogP) is 2.60. The first-order valence-corrected chi connectivity index (χ1v) is 8.52. The Labute approximate surface area is 153 Å². The van der Waals surface area contributed by atoms with Gasteiger partial charge in [0, 0.05) is 23.9 Å². The summed E-state index contributed by atoms with van der Waals surface area (Å²) in [7, 11) is 4.05. The van der Waals surface area contributed by atoms with Crippen LogP contribution in [0.1, 0.15) is 40.0 Å². The van der Waals surface area contributed by atoms with Crippen molar-refractivity contribution < 1.29 is 9.59 Å². The molecule has 138 valence electrons. The lowest BCUT2D eigenvalue weighted by Crippen LogP contribution is -2.18. The molecule has 1 heterocycles. The fourth-order valence-corrected chi connectivity index (χ4v) is 2.40. The van der Waals surface area contributed by atoms with E-state index >= 15 is 0 Å². The molecule has 0 saturated carbocycles. The lowest BCUT2D eigenvalue weighted by atomic mass is 10.1. The molecule has 1 aromatic heterocycles. The third-order valence-electron chi connectivity index (χ3n) is 3.69. The predicted molar refractivity (Wildman–Crippen MR) is 103 cm³/mol. The number of amides is 1. The second kappa shape index (κ2) is 9.05. The van der Waals surface area contributed by atoms with Gasteiger partial charge in [0.2, 0.25) is 0 Å². The summed E-state index contributed by atoms with van der Waals surface area (Å²) < 4.78 is 0. The zero-order valence-corrected chi connectivity index (χ0v) is 15.7. The fourth-order valence-electron chi connectivity index (χ4n) is 2.40. The maximum atomic E-state index is 12.5. The average Bonchev–Trinajstić information content (AvgIpc) is 2.58. The number of hydrogen-bond donors (Lipinski definition) is 2. The van der Waals surface area contributed by atoms with Crippen LogP contribution in [0.15, 0.2) is 30.3 Å². The molecule has 2 N–H and O–H groups in total. The summed E-state index contributed by atoms with van der Waals surface area (Å²) in [4.78, 5) is 34.6. The molecule has 0 atom stereocenters. The number of nitrogens with zero attached hydrogens (tertiary/aromatic N) is 3. The van der Waals surface area contributed by atoms with Gasteiger partial charge in [0.25, 0.3) is 5.91 Å². The zero-order chi connectivity index (χ0) is 19.1. The lowest BCUT2D eigenvalue weighted by Gasteiger charge is -2.11. The summed E-state index contributed by atoms with van der Waals surface area (Å²) in [5, 5.41) is 6.00. The Morgan fingerprint density at radius 1 is 1.15 bits per heavy atom. The van der Waals surface area contributed by atoms with E-state index in [4.69, 9.17) is 0 Å². The van der Waals surface area contributed by atoms with E-state index in [1.807, 2.05) is 14.1 Å². The Morgan fingerprint density at radius 3 is 2.62 bits per heavy atom. The molecule has 0 unspecified atom stereocenters. The summed E-state index contributed by atoms with van der Waals surface area (Å²) in [5.41, 5.74) is 1.38. The van der Waals surface area contributed by atoms with E-state index in [2.05, 4.69) is 25.5 Å². The number of hydrogen-bond acceptors (Lipinski definition) is 6. The molecular weight excluding hydrogens is 330 g/mol. The van der Waals surface area contributed by atoms with Crippen molar-refractivity contribution >= 4 is 23.2 Å². The topological polar surface area (TPSA) is 87.2 Å². The lowest BCUT2D eigenvalue weighted by molar-refractivity contribution is 0.100. The highest BCUT2D eigenvalue weighted by atomic mass is 16.2. The van der Waals surface area contributed by atoms with Gasteiger partial charge in [-0.15, -0.1) is 0 Å². The normalized spacial score (nSPS) is 10.7. The maximum Gasteiger partial charge on any atom is 0.274 e. The number of rotatable bonds is 8. The molecule has 0 fully saturated rings. The smallest absolute Gasteiger partial charge is 0.274 e. The number of benzene rings is 1. The number of Topliss-reactive ketones (excluding diaryl/α,β-unsaturated/α-hetero) is 1. The Bertz CT molecular complexity index is 789. The molecule has 0 saturated heterocycles. The van der Waals surface area contributed by atoms with Crippen LogP contribution < -0.4 is 10.6 Å². The van der Waals surface area contributed by atoms with E-state index in [-0.39, 0.29) is 17.4 Å². The van der Waals surface area contributed by atoms with Gasteiger partial charge in [-0.1, -0.05) is 12.1 Å². The van der Waals surface area contributed by atoms with Crippen molar-refractivity contribution in [2.45, 2.75) is 20.3 Å². The number of nitrogens with one attached hydrogen (secondary N) is 2. The van der Waals surface area contributed by atoms with E-state index < -0.39 is 0 Å². The van der Waals surface area contributed by atoms with Crippen molar-refractivity contribution in [1.82, 2.24) is 14.9 Å². The van der Waals surface area contributed by atoms with Gasteiger partial charge >= 0.3 is 0 Å². The summed E-state index contributed by atoms with van der Waals surface area (Å²) in [6.07, 6.45) is 0.968. The number of carbonyl (C=O) groups is 2. The van der Waals surface area contributed by atoms with E-state index in [1.54, 1.807) is 37.3 Å². The van der Waals surface area contributed by atoms with Crippen LogP contribution in [0.2, 0.25) is 0 Å². The number of anilines is 2. The summed E-state index contributed by atoms with van der Waals surface area (Å²) >= 11 is 0. The molecule has 7 nitrogen and oxygen atoms in total. The first-order valence-electron chi connectivity index (χ1n) is 8.52. The van der Waals surface area contributed by atoms with Crippen LogP contribution in [0.4, 0.5) is 11.5 Å². The number of aromatic nitrogens is 2. The zero-order valence-electron chi connectivity index (χ0n) is 15.7. The molecule has 2 rings (SSSR count). The van der Waals surface area contributed by atoms with E-state index in [0.29, 0.717) is 22.9 Å². The summed E-state index contributed by atoms with van der Waals surface area (Å²) in [6.45, 7) is 4.97. The van der Waals surface area contributed by atoms with Crippen molar-refractivity contribution in [2.75, 3.05) is 37.8 Å². The molecular formula is C19H25N5O2. The van der Waals surface area contributed by atoms with Crippen molar-refractivity contribution in [3.8, 4) is 0 Å². The second-order valence-electron chi connectivity index (χ2n) is 6.36. The highest BCUT2D eigenvalue weighted by molar-refractivity contribution is 6.04. The van der Waals surface area contributed by atoms with Gasteiger partial charge in [-0.3, -0.25) is 9.59 Å². The fraction of sp³-hybridized carbons (Fsp3) is 0.368. The highest BCUT2D eigenvalue weighted by Crippen LogP contribution is 2.14. The molecule has 0 aliphatic rings. The van der Waals surface area contributed by atoms with E-state index in [9.17, 15) is 9.59 Å². The monoisotopic (exact) mass is 355 g/mol. The Hall–Kier alpha value is -2.80. The van der Waals surface area contributed by atoms with Crippen LogP contribution in [0.5, 0.6) is 0 Å². The standard InChI is InChI=1S/C19H25N5O2/c1-13(25)15-7-5-8-16(11-15)23-19(26)17-12-18(22-14(2)21-17)20-9-6-10-24(3)4/h5,7-8,11-12H,6,9-10H2,1-4H3,(H,23,26)(H,20,21,22). The van der Waals surface area contributed by atoms with Gasteiger partial charge in [0.1, 0.15) is 17.3 Å². The number of carbonyl (C=O) groups excluding carboxylic acids is 2. The maximum absolute atomic E-state index is 12.5.